The van der Waals surface area contributed by atoms with Crippen molar-refractivity contribution in [2.75, 3.05) is 13.3 Å². The SMILES string of the molecule is CC(C)(C)OC(=O)/N=C(\c1cccc(C=O)c1)N(COCC[Si](C)(C)C)C(=O)OC(C)(C)C. The Labute approximate surface area is 198 Å². The summed E-state index contributed by atoms with van der Waals surface area (Å²) in [5.41, 5.74) is -0.811. The Bertz CT molecular complexity index is 863. The molecule has 0 atom stereocenters. The lowest BCUT2D eigenvalue weighted by atomic mass is 10.1. The Kier molecular flexibility index (Phi) is 9.99. The smallest absolute Gasteiger partial charge is 0.436 e. The van der Waals surface area contributed by atoms with Crippen molar-refractivity contribution < 1.29 is 28.6 Å². The van der Waals surface area contributed by atoms with E-state index in [-0.39, 0.29) is 12.6 Å². The van der Waals surface area contributed by atoms with Gasteiger partial charge in [-0.3, -0.25) is 4.79 Å². The van der Waals surface area contributed by atoms with Gasteiger partial charge in [0.1, 0.15) is 24.2 Å². The lowest BCUT2D eigenvalue weighted by Gasteiger charge is -2.28. The molecule has 0 unspecified atom stereocenters. The number of ether oxygens (including phenoxy) is 3. The van der Waals surface area contributed by atoms with E-state index < -0.39 is 31.5 Å². The molecule has 2 amide bonds. The average Bonchev–Trinajstić information content (AvgIpc) is 2.63. The zero-order chi connectivity index (χ0) is 25.4. The van der Waals surface area contributed by atoms with Gasteiger partial charge in [0.2, 0.25) is 0 Å². The molecular formula is C24H38N2O6Si. The van der Waals surface area contributed by atoms with Gasteiger partial charge in [0.05, 0.1) is 0 Å². The van der Waals surface area contributed by atoms with Crippen molar-refractivity contribution in [1.29, 1.82) is 0 Å². The first kappa shape index (κ1) is 28.5. The molecule has 0 spiro atoms. The molecule has 33 heavy (non-hydrogen) atoms. The summed E-state index contributed by atoms with van der Waals surface area (Å²) >= 11 is 0. The van der Waals surface area contributed by atoms with Gasteiger partial charge in [-0.05, 0) is 53.7 Å². The van der Waals surface area contributed by atoms with E-state index in [1.807, 2.05) is 0 Å². The highest BCUT2D eigenvalue weighted by molar-refractivity contribution is 6.76. The van der Waals surface area contributed by atoms with E-state index in [1.165, 1.54) is 6.07 Å². The molecule has 0 aliphatic carbocycles. The minimum absolute atomic E-state index is 0.0183. The standard InChI is InChI=1S/C24H38N2O6Si/c1-23(2,3)31-21(28)25-20(19-12-10-11-18(15-19)16-27)26(22(29)32-24(4,5)6)17-30-13-14-33(7,8)9/h10-12,15-16H,13-14,17H2,1-9H3/b25-20+. The van der Waals surface area contributed by atoms with E-state index in [0.29, 0.717) is 24.0 Å². The van der Waals surface area contributed by atoms with Crippen molar-refractivity contribution in [3.05, 3.63) is 35.4 Å². The molecule has 0 fully saturated rings. The van der Waals surface area contributed by atoms with Gasteiger partial charge in [-0.15, -0.1) is 0 Å². The summed E-state index contributed by atoms with van der Waals surface area (Å²) < 4.78 is 16.7. The van der Waals surface area contributed by atoms with Crippen molar-refractivity contribution in [2.45, 2.75) is 78.4 Å². The van der Waals surface area contributed by atoms with E-state index >= 15 is 0 Å². The van der Waals surface area contributed by atoms with Crippen molar-refractivity contribution in [2.24, 2.45) is 4.99 Å². The van der Waals surface area contributed by atoms with Crippen molar-refractivity contribution in [1.82, 2.24) is 4.90 Å². The van der Waals surface area contributed by atoms with Gasteiger partial charge < -0.3 is 14.2 Å². The maximum atomic E-state index is 13.1. The normalized spacial score (nSPS) is 12.8. The molecule has 0 radical (unpaired) electrons. The molecule has 8 nitrogen and oxygen atoms in total. The minimum Gasteiger partial charge on any atom is -0.443 e. The average molecular weight is 479 g/mol. The second-order valence-corrected chi connectivity index (χ2v) is 16.5. The molecule has 0 aliphatic rings. The van der Waals surface area contributed by atoms with E-state index in [4.69, 9.17) is 14.2 Å². The molecule has 184 valence electrons. The Morgan fingerprint density at radius 1 is 1.03 bits per heavy atom. The van der Waals surface area contributed by atoms with Crippen LogP contribution in [-0.4, -0.2) is 61.8 Å². The van der Waals surface area contributed by atoms with Gasteiger partial charge in [0.15, 0.2) is 5.84 Å². The number of hydrogen-bond donors (Lipinski definition) is 0. The van der Waals surface area contributed by atoms with Crippen LogP contribution in [0.25, 0.3) is 0 Å². The summed E-state index contributed by atoms with van der Waals surface area (Å²) in [7, 11) is -1.35. The largest absolute Gasteiger partial charge is 0.443 e. The van der Waals surface area contributed by atoms with Crippen molar-refractivity contribution in [3.8, 4) is 0 Å². The van der Waals surface area contributed by atoms with Crippen molar-refractivity contribution in [3.63, 3.8) is 0 Å². The van der Waals surface area contributed by atoms with Crippen LogP contribution in [0.3, 0.4) is 0 Å². The fourth-order valence-electron chi connectivity index (χ4n) is 2.45. The quantitative estimate of drug-likeness (QED) is 0.124. The highest BCUT2D eigenvalue weighted by Crippen LogP contribution is 2.17. The van der Waals surface area contributed by atoms with Crippen molar-refractivity contribution >= 4 is 32.4 Å². The minimum atomic E-state index is -1.35. The number of carbonyl (C=O) groups is 3. The van der Waals surface area contributed by atoms with Crippen LogP contribution >= 0.6 is 0 Å². The number of carbonyl (C=O) groups excluding carboxylic acids is 3. The number of nitrogens with zero attached hydrogens (tertiary/aromatic N) is 2. The molecule has 0 bridgehead atoms. The maximum Gasteiger partial charge on any atom is 0.436 e. The maximum absolute atomic E-state index is 13.1. The van der Waals surface area contributed by atoms with Gasteiger partial charge in [-0.25, -0.2) is 14.5 Å². The van der Waals surface area contributed by atoms with E-state index in [0.717, 1.165) is 10.9 Å². The third-order valence-corrected chi connectivity index (χ3v) is 5.66. The second kappa shape index (κ2) is 11.6. The Balaban J connectivity index is 3.43. The number of aliphatic imine (C=N–C) groups is 1. The molecule has 0 aromatic heterocycles. The van der Waals surface area contributed by atoms with Crippen LogP contribution in [0.4, 0.5) is 9.59 Å². The first-order valence-corrected chi connectivity index (χ1v) is 14.7. The summed E-state index contributed by atoms with van der Waals surface area (Å²) in [6, 6.07) is 7.34. The molecule has 9 heteroatoms. The second-order valence-electron chi connectivity index (χ2n) is 10.9. The summed E-state index contributed by atoms with van der Waals surface area (Å²) in [4.78, 5) is 42.3. The monoisotopic (exact) mass is 478 g/mol. The van der Waals surface area contributed by atoms with Crippen LogP contribution in [0.15, 0.2) is 29.3 Å². The number of amidine groups is 1. The predicted molar refractivity (Wildman–Crippen MR) is 132 cm³/mol. The number of benzene rings is 1. The number of hydrogen-bond acceptors (Lipinski definition) is 6. The van der Waals surface area contributed by atoms with Gasteiger partial charge >= 0.3 is 12.2 Å². The molecule has 1 rings (SSSR count). The Hall–Kier alpha value is -2.52. The third-order valence-electron chi connectivity index (χ3n) is 3.96. The Morgan fingerprint density at radius 2 is 1.64 bits per heavy atom. The lowest BCUT2D eigenvalue weighted by molar-refractivity contribution is 0.0105. The molecule has 0 aliphatic heterocycles. The van der Waals surface area contributed by atoms with Gasteiger partial charge in [0.25, 0.3) is 0 Å². The van der Waals surface area contributed by atoms with Crippen LogP contribution in [0, 0.1) is 0 Å². The van der Waals surface area contributed by atoms with E-state index in [1.54, 1.807) is 59.7 Å². The van der Waals surface area contributed by atoms with Crippen LogP contribution in [0.1, 0.15) is 57.5 Å². The number of amides is 2. The van der Waals surface area contributed by atoms with Crippen LogP contribution in [0.2, 0.25) is 25.7 Å². The molecule has 1 aromatic carbocycles. The molecule has 0 N–H and O–H groups in total. The molecular weight excluding hydrogens is 440 g/mol. The Morgan fingerprint density at radius 3 is 2.15 bits per heavy atom. The van der Waals surface area contributed by atoms with Gasteiger partial charge in [0, 0.05) is 25.8 Å². The number of rotatable bonds is 7. The predicted octanol–water partition coefficient (Wildman–Crippen LogP) is 5.73. The fraction of sp³-hybridized carbons (Fsp3) is 0.583. The fourth-order valence-corrected chi connectivity index (χ4v) is 3.21. The topological polar surface area (TPSA) is 94.5 Å². The van der Waals surface area contributed by atoms with Crippen LogP contribution in [0.5, 0.6) is 0 Å². The first-order chi connectivity index (χ1) is 15.0. The van der Waals surface area contributed by atoms with E-state index in [2.05, 4.69) is 24.6 Å². The van der Waals surface area contributed by atoms with Crippen LogP contribution < -0.4 is 0 Å². The first-order valence-electron chi connectivity index (χ1n) is 11.0. The number of aldehydes is 1. The zero-order valence-corrected chi connectivity index (χ0v) is 22.4. The summed E-state index contributed by atoms with van der Waals surface area (Å²) in [5, 5.41) is 0. The third kappa shape index (κ3) is 11.8. The van der Waals surface area contributed by atoms with E-state index in [9.17, 15) is 14.4 Å². The molecule has 0 heterocycles. The zero-order valence-electron chi connectivity index (χ0n) is 21.4. The summed E-state index contributed by atoms with van der Waals surface area (Å²) in [6.07, 6.45) is -0.921. The highest BCUT2D eigenvalue weighted by Gasteiger charge is 2.29. The summed E-state index contributed by atoms with van der Waals surface area (Å²) in [5.74, 6) is -0.0183. The van der Waals surface area contributed by atoms with Crippen LogP contribution in [-0.2, 0) is 14.2 Å². The molecule has 0 saturated carbocycles. The lowest BCUT2D eigenvalue weighted by Crippen LogP contribution is -2.43. The molecule has 0 saturated heterocycles. The van der Waals surface area contributed by atoms with Gasteiger partial charge in [-0.1, -0.05) is 37.8 Å². The summed E-state index contributed by atoms with van der Waals surface area (Å²) in [6.45, 7) is 17.3. The highest BCUT2D eigenvalue weighted by atomic mass is 28.3. The molecule has 1 aromatic rings. The van der Waals surface area contributed by atoms with Gasteiger partial charge in [-0.2, -0.15) is 4.99 Å².